The molecule has 1 aromatic heterocycles. The van der Waals surface area contributed by atoms with Crippen molar-refractivity contribution >= 4 is 11.3 Å². The standard InChI is InChI=1S/C27H23N3O/c1-4-12-24(13-5-1)29-18-10-11-22(20-29)27-19-23(21-31-26-16-8-3-9-17-26)28-30(27)25-14-6-2-7-15-25/h1-10,12-20H,11,21H2. The molecule has 5 rings (SSSR count). The monoisotopic (exact) mass is 405 g/mol. The predicted octanol–water partition coefficient (Wildman–Crippen LogP) is 6.22. The Morgan fingerprint density at radius 2 is 1.42 bits per heavy atom. The minimum absolute atomic E-state index is 0.419. The van der Waals surface area contributed by atoms with Gasteiger partial charge in [-0.3, -0.25) is 0 Å². The molecule has 2 heterocycles. The zero-order valence-electron chi connectivity index (χ0n) is 17.1. The second-order valence-corrected chi connectivity index (χ2v) is 7.36. The van der Waals surface area contributed by atoms with Gasteiger partial charge in [-0.1, -0.05) is 60.7 Å². The molecule has 4 aromatic rings. The van der Waals surface area contributed by atoms with Crippen LogP contribution in [0.5, 0.6) is 5.75 Å². The number of benzene rings is 3. The number of rotatable bonds is 6. The first kappa shape index (κ1) is 18.9. The number of ether oxygens (including phenoxy) is 1. The van der Waals surface area contributed by atoms with Crippen LogP contribution < -0.4 is 9.64 Å². The van der Waals surface area contributed by atoms with Gasteiger partial charge >= 0.3 is 0 Å². The Morgan fingerprint density at radius 1 is 0.774 bits per heavy atom. The number of hydrogen-bond acceptors (Lipinski definition) is 3. The highest BCUT2D eigenvalue weighted by atomic mass is 16.5. The van der Waals surface area contributed by atoms with E-state index >= 15 is 0 Å². The van der Waals surface area contributed by atoms with E-state index in [9.17, 15) is 0 Å². The topological polar surface area (TPSA) is 30.3 Å². The van der Waals surface area contributed by atoms with E-state index in [4.69, 9.17) is 9.84 Å². The number of anilines is 1. The lowest BCUT2D eigenvalue weighted by molar-refractivity contribution is 0.300. The van der Waals surface area contributed by atoms with Gasteiger partial charge in [0.25, 0.3) is 0 Å². The number of allylic oxidation sites excluding steroid dienone is 2. The summed E-state index contributed by atoms with van der Waals surface area (Å²) >= 11 is 0. The second kappa shape index (κ2) is 8.76. The molecule has 3 aromatic carbocycles. The Bertz CT molecular complexity index is 1200. The fraction of sp³-hybridized carbons (Fsp3) is 0.0741. The number of aromatic nitrogens is 2. The van der Waals surface area contributed by atoms with Crippen LogP contribution in [0.3, 0.4) is 0 Å². The Morgan fingerprint density at radius 3 is 2.13 bits per heavy atom. The molecule has 0 fully saturated rings. The summed E-state index contributed by atoms with van der Waals surface area (Å²) in [6.07, 6.45) is 7.33. The highest BCUT2D eigenvalue weighted by Gasteiger charge is 2.17. The molecule has 0 atom stereocenters. The van der Waals surface area contributed by atoms with Crippen LogP contribution >= 0.6 is 0 Å². The van der Waals surface area contributed by atoms with Gasteiger partial charge in [-0.2, -0.15) is 5.10 Å². The summed E-state index contributed by atoms with van der Waals surface area (Å²) in [7, 11) is 0. The van der Waals surface area contributed by atoms with Crippen molar-refractivity contribution in [3.05, 3.63) is 127 Å². The molecule has 0 saturated heterocycles. The van der Waals surface area contributed by atoms with Gasteiger partial charge in [0.05, 0.1) is 11.4 Å². The summed E-state index contributed by atoms with van der Waals surface area (Å²) in [5, 5.41) is 4.88. The van der Waals surface area contributed by atoms with E-state index in [0.717, 1.165) is 34.9 Å². The summed E-state index contributed by atoms with van der Waals surface area (Å²) in [5.41, 5.74) is 5.33. The highest BCUT2D eigenvalue weighted by Crippen LogP contribution is 2.29. The Kier molecular flexibility index (Phi) is 5.35. The van der Waals surface area contributed by atoms with Crippen molar-refractivity contribution in [2.75, 3.05) is 4.90 Å². The van der Waals surface area contributed by atoms with Crippen LogP contribution in [0.1, 0.15) is 17.8 Å². The van der Waals surface area contributed by atoms with E-state index < -0.39 is 0 Å². The summed E-state index contributed by atoms with van der Waals surface area (Å²) < 4.78 is 7.97. The van der Waals surface area contributed by atoms with Gasteiger partial charge in [0.2, 0.25) is 0 Å². The van der Waals surface area contributed by atoms with Crippen LogP contribution in [0.4, 0.5) is 5.69 Å². The average molecular weight is 406 g/mol. The van der Waals surface area contributed by atoms with Gasteiger partial charge in [-0.15, -0.1) is 0 Å². The maximum absolute atomic E-state index is 5.95. The number of hydrogen-bond donors (Lipinski definition) is 0. The molecule has 4 heteroatoms. The molecule has 152 valence electrons. The van der Waals surface area contributed by atoms with Gasteiger partial charge in [-0.05, 0) is 54.5 Å². The van der Waals surface area contributed by atoms with Crippen molar-refractivity contribution in [2.24, 2.45) is 0 Å². The molecule has 0 bridgehead atoms. The molecule has 31 heavy (non-hydrogen) atoms. The minimum Gasteiger partial charge on any atom is -0.487 e. The maximum atomic E-state index is 5.95. The molecule has 0 radical (unpaired) electrons. The summed E-state index contributed by atoms with van der Waals surface area (Å²) in [5.74, 6) is 0.841. The summed E-state index contributed by atoms with van der Waals surface area (Å²) in [6, 6.07) is 32.6. The molecule has 4 nitrogen and oxygen atoms in total. The zero-order valence-corrected chi connectivity index (χ0v) is 17.1. The van der Waals surface area contributed by atoms with Crippen LogP contribution in [-0.4, -0.2) is 9.78 Å². The lowest BCUT2D eigenvalue weighted by atomic mass is 10.1. The van der Waals surface area contributed by atoms with E-state index in [0.29, 0.717) is 6.61 Å². The molecular formula is C27H23N3O. The minimum atomic E-state index is 0.419. The molecule has 0 N–H and O–H groups in total. The van der Waals surface area contributed by atoms with Gasteiger partial charge in [0, 0.05) is 18.1 Å². The summed E-state index contributed by atoms with van der Waals surface area (Å²) in [6.45, 7) is 0.419. The van der Waals surface area contributed by atoms with Crippen molar-refractivity contribution in [3.8, 4) is 11.4 Å². The molecule has 1 aliphatic rings. The Hall–Kier alpha value is -4.05. The molecular weight excluding hydrogens is 382 g/mol. The van der Waals surface area contributed by atoms with E-state index in [-0.39, 0.29) is 0 Å². The van der Waals surface area contributed by atoms with Crippen molar-refractivity contribution in [3.63, 3.8) is 0 Å². The smallest absolute Gasteiger partial charge is 0.132 e. The molecule has 0 amide bonds. The first-order valence-corrected chi connectivity index (χ1v) is 10.4. The zero-order chi connectivity index (χ0) is 20.9. The fourth-order valence-electron chi connectivity index (χ4n) is 3.66. The fourth-order valence-corrected chi connectivity index (χ4v) is 3.66. The van der Waals surface area contributed by atoms with Crippen LogP contribution in [0.2, 0.25) is 0 Å². The first-order chi connectivity index (χ1) is 15.4. The summed E-state index contributed by atoms with van der Waals surface area (Å²) in [4.78, 5) is 2.15. The molecule has 0 spiro atoms. The average Bonchev–Trinajstić information content (AvgIpc) is 3.29. The normalized spacial score (nSPS) is 13.2. The highest BCUT2D eigenvalue weighted by molar-refractivity contribution is 5.72. The van der Waals surface area contributed by atoms with Crippen LogP contribution in [0, 0.1) is 0 Å². The SMILES string of the molecule is C1=CN(c2ccccc2)C=C(c2cc(COc3ccccc3)nn2-c2ccccc2)C1. The quantitative estimate of drug-likeness (QED) is 0.382. The van der Waals surface area contributed by atoms with Crippen molar-refractivity contribution in [2.45, 2.75) is 13.0 Å². The maximum Gasteiger partial charge on any atom is 0.132 e. The lowest BCUT2D eigenvalue weighted by Gasteiger charge is -2.22. The molecule has 1 aliphatic heterocycles. The lowest BCUT2D eigenvalue weighted by Crippen LogP contribution is -2.12. The third kappa shape index (κ3) is 4.28. The van der Waals surface area contributed by atoms with Gasteiger partial charge in [-0.25, -0.2) is 4.68 Å². The predicted molar refractivity (Wildman–Crippen MR) is 125 cm³/mol. The first-order valence-electron chi connectivity index (χ1n) is 10.4. The Labute approximate surface area is 182 Å². The van der Waals surface area contributed by atoms with E-state index in [2.05, 4.69) is 65.8 Å². The third-order valence-electron chi connectivity index (χ3n) is 5.17. The Balaban J connectivity index is 1.49. The van der Waals surface area contributed by atoms with Crippen molar-refractivity contribution in [1.82, 2.24) is 9.78 Å². The molecule has 0 saturated carbocycles. The second-order valence-electron chi connectivity index (χ2n) is 7.36. The number of nitrogens with zero attached hydrogens (tertiary/aromatic N) is 3. The van der Waals surface area contributed by atoms with Crippen LogP contribution in [0.25, 0.3) is 11.3 Å². The molecule has 0 unspecified atom stereocenters. The number of para-hydroxylation sites is 3. The van der Waals surface area contributed by atoms with E-state index in [1.54, 1.807) is 0 Å². The van der Waals surface area contributed by atoms with Crippen molar-refractivity contribution in [1.29, 1.82) is 0 Å². The van der Waals surface area contributed by atoms with Gasteiger partial charge < -0.3 is 9.64 Å². The molecule has 0 aliphatic carbocycles. The van der Waals surface area contributed by atoms with E-state index in [1.165, 1.54) is 5.57 Å². The van der Waals surface area contributed by atoms with E-state index in [1.807, 2.05) is 59.3 Å². The van der Waals surface area contributed by atoms with Gasteiger partial charge in [0.1, 0.15) is 18.1 Å². The van der Waals surface area contributed by atoms with Crippen LogP contribution in [-0.2, 0) is 6.61 Å². The van der Waals surface area contributed by atoms with Crippen molar-refractivity contribution < 1.29 is 4.74 Å². The van der Waals surface area contributed by atoms with Crippen LogP contribution in [0.15, 0.2) is 116 Å². The third-order valence-corrected chi connectivity index (χ3v) is 5.17. The largest absolute Gasteiger partial charge is 0.487 e. The van der Waals surface area contributed by atoms with Gasteiger partial charge in [0.15, 0.2) is 0 Å².